The zero-order chi connectivity index (χ0) is 14.0. The summed E-state index contributed by atoms with van der Waals surface area (Å²) in [6.45, 7) is 1.20. The maximum absolute atomic E-state index is 11.1. The van der Waals surface area contributed by atoms with Crippen LogP contribution in [0, 0.1) is 10.1 Å². The zero-order valence-corrected chi connectivity index (χ0v) is 10.3. The van der Waals surface area contributed by atoms with Crippen molar-refractivity contribution in [2.45, 2.75) is 18.9 Å². The number of anilines is 1. The van der Waals surface area contributed by atoms with Crippen molar-refractivity contribution in [1.29, 1.82) is 0 Å². The summed E-state index contributed by atoms with van der Waals surface area (Å²) < 4.78 is 0. The van der Waals surface area contributed by atoms with Gasteiger partial charge in [-0.05, 0) is 25.0 Å². The number of carbonyl (C=O) groups is 1. The Hall–Kier alpha value is -2.15. The van der Waals surface area contributed by atoms with Gasteiger partial charge in [0.2, 0.25) is 0 Å². The normalized spacial score (nSPS) is 16.4. The first-order valence-electron chi connectivity index (χ1n) is 6.02. The van der Waals surface area contributed by atoms with Gasteiger partial charge in [0.05, 0.1) is 4.92 Å². The summed E-state index contributed by atoms with van der Waals surface area (Å²) in [4.78, 5) is 23.4. The van der Waals surface area contributed by atoms with Gasteiger partial charge in [-0.25, -0.2) is 4.79 Å². The molecule has 7 heteroatoms. The molecule has 0 amide bonds. The van der Waals surface area contributed by atoms with E-state index in [1.807, 2.05) is 4.90 Å². The second-order valence-electron chi connectivity index (χ2n) is 4.56. The Labute approximate surface area is 109 Å². The van der Waals surface area contributed by atoms with Gasteiger partial charge in [-0.15, -0.1) is 0 Å². The van der Waals surface area contributed by atoms with E-state index in [9.17, 15) is 14.9 Å². The zero-order valence-electron chi connectivity index (χ0n) is 10.3. The van der Waals surface area contributed by atoms with Crippen molar-refractivity contribution in [1.82, 2.24) is 0 Å². The quantitative estimate of drug-likeness (QED) is 0.628. The highest BCUT2D eigenvalue weighted by Gasteiger charge is 2.28. The van der Waals surface area contributed by atoms with Gasteiger partial charge < -0.3 is 15.7 Å². The Bertz CT molecular complexity index is 510. The van der Waals surface area contributed by atoms with E-state index in [1.54, 1.807) is 6.07 Å². The molecular weight excluding hydrogens is 250 g/mol. The summed E-state index contributed by atoms with van der Waals surface area (Å²) in [5.74, 6) is -1.29. The lowest BCUT2D eigenvalue weighted by Crippen LogP contribution is -2.40. The molecule has 1 aliphatic rings. The number of nitro groups is 1. The van der Waals surface area contributed by atoms with E-state index in [1.165, 1.54) is 12.1 Å². The molecule has 3 N–H and O–H groups in total. The summed E-state index contributed by atoms with van der Waals surface area (Å²) in [5, 5.41) is 20.2. The highest BCUT2D eigenvalue weighted by Crippen LogP contribution is 2.33. The Kier molecular flexibility index (Phi) is 3.66. The van der Waals surface area contributed by atoms with Crippen molar-refractivity contribution in [3.05, 3.63) is 33.9 Å². The first-order chi connectivity index (χ1) is 9.00. The van der Waals surface area contributed by atoms with Gasteiger partial charge in [-0.2, -0.15) is 0 Å². The van der Waals surface area contributed by atoms with Crippen molar-refractivity contribution in [2.24, 2.45) is 5.73 Å². The standard InChI is InChI=1S/C12H15N3O4/c13-8-4-6-14(7-5-8)10-3-1-2-9(12(16)17)11(10)15(18)19/h1-3,8H,4-7,13H2,(H,16,17). The van der Waals surface area contributed by atoms with Gasteiger partial charge in [-0.3, -0.25) is 10.1 Å². The number of aromatic carboxylic acids is 1. The van der Waals surface area contributed by atoms with Crippen LogP contribution in [0.15, 0.2) is 18.2 Å². The number of para-hydroxylation sites is 1. The van der Waals surface area contributed by atoms with Crippen LogP contribution < -0.4 is 10.6 Å². The molecule has 0 aromatic heterocycles. The van der Waals surface area contributed by atoms with E-state index in [-0.39, 0.29) is 17.3 Å². The molecule has 19 heavy (non-hydrogen) atoms. The molecule has 0 aliphatic carbocycles. The summed E-state index contributed by atoms with van der Waals surface area (Å²) in [6.07, 6.45) is 1.49. The molecule has 1 saturated heterocycles. The third-order valence-corrected chi connectivity index (χ3v) is 3.31. The summed E-state index contributed by atoms with van der Waals surface area (Å²) in [7, 11) is 0. The van der Waals surface area contributed by atoms with Crippen LogP contribution in [0.5, 0.6) is 0 Å². The van der Waals surface area contributed by atoms with Crippen LogP contribution in [0.3, 0.4) is 0 Å². The van der Waals surface area contributed by atoms with Crippen LogP contribution in [-0.2, 0) is 0 Å². The Morgan fingerprint density at radius 3 is 2.58 bits per heavy atom. The van der Waals surface area contributed by atoms with E-state index < -0.39 is 10.9 Å². The lowest BCUT2D eigenvalue weighted by atomic mass is 10.0. The maximum Gasteiger partial charge on any atom is 0.342 e. The van der Waals surface area contributed by atoms with E-state index >= 15 is 0 Å². The number of nitrogens with zero attached hydrogens (tertiary/aromatic N) is 2. The van der Waals surface area contributed by atoms with Crippen molar-refractivity contribution >= 4 is 17.3 Å². The number of benzene rings is 1. The molecule has 0 atom stereocenters. The monoisotopic (exact) mass is 265 g/mol. The van der Waals surface area contributed by atoms with Crippen LogP contribution in [0.25, 0.3) is 0 Å². The third kappa shape index (κ3) is 2.65. The van der Waals surface area contributed by atoms with E-state index in [0.717, 1.165) is 12.8 Å². The van der Waals surface area contributed by atoms with Crippen molar-refractivity contribution in [3.63, 3.8) is 0 Å². The van der Waals surface area contributed by atoms with Crippen LogP contribution in [0.4, 0.5) is 11.4 Å². The minimum Gasteiger partial charge on any atom is -0.477 e. The SMILES string of the molecule is NC1CCN(c2cccc(C(=O)O)c2[N+](=O)[O-])CC1. The van der Waals surface area contributed by atoms with Gasteiger partial charge in [0.25, 0.3) is 0 Å². The van der Waals surface area contributed by atoms with Gasteiger partial charge in [0, 0.05) is 19.1 Å². The molecule has 102 valence electrons. The molecule has 1 aliphatic heterocycles. The Morgan fingerprint density at radius 2 is 2.05 bits per heavy atom. The molecule has 2 rings (SSSR count). The topological polar surface area (TPSA) is 110 Å². The molecule has 0 radical (unpaired) electrons. The molecule has 0 unspecified atom stereocenters. The minimum atomic E-state index is -1.29. The number of nitrogens with two attached hydrogens (primary N) is 1. The van der Waals surface area contributed by atoms with Gasteiger partial charge in [-0.1, -0.05) is 6.07 Å². The fourth-order valence-electron chi connectivity index (χ4n) is 2.29. The number of piperidine rings is 1. The molecule has 1 fully saturated rings. The van der Waals surface area contributed by atoms with Crippen molar-refractivity contribution in [2.75, 3.05) is 18.0 Å². The molecule has 0 bridgehead atoms. The third-order valence-electron chi connectivity index (χ3n) is 3.31. The second kappa shape index (κ2) is 5.23. The highest BCUT2D eigenvalue weighted by molar-refractivity contribution is 5.95. The van der Waals surface area contributed by atoms with E-state index in [0.29, 0.717) is 18.8 Å². The van der Waals surface area contributed by atoms with E-state index in [4.69, 9.17) is 10.8 Å². The predicted molar refractivity (Wildman–Crippen MR) is 69.5 cm³/mol. The fourth-order valence-corrected chi connectivity index (χ4v) is 2.29. The summed E-state index contributed by atoms with van der Waals surface area (Å²) in [6, 6.07) is 4.47. The molecule has 7 nitrogen and oxygen atoms in total. The van der Waals surface area contributed by atoms with Gasteiger partial charge in [0.1, 0.15) is 11.3 Å². The maximum atomic E-state index is 11.1. The van der Waals surface area contributed by atoms with Gasteiger partial charge >= 0.3 is 11.7 Å². The Morgan fingerprint density at radius 1 is 1.42 bits per heavy atom. The predicted octanol–water partition coefficient (Wildman–Crippen LogP) is 1.22. The molecule has 0 spiro atoms. The molecular formula is C12H15N3O4. The smallest absolute Gasteiger partial charge is 0.342 e. The lowest BCUT2D eigenvalue weighted by molar-refractivity contribution is -0.384. The summed E-state index contributed by atoms with van der Waals surface area (Å²) in [5.41, 5.74) is 5.53. The minimum absolute atomic E-state index is 0.109. The highest BCUT2D eigenvalue weighted by atomic mass is 16.6. The molecule has 1 aromatic rings. The summed E-state index contributed by atoms with van der Waals surface area (Å²) >= 11 is 0. The first kappa shape index (κ1) is 13.3. The van der Waals surface area contributed by atoms with Crippen molar-refractivity contribution in [3.8, 4) is 0 Å². The number of carboxylic acid groups (broad SMARTS) is 1. The Balaban J connectivity index is 2.42. The number of hydrogen-bond donors (Lipinski definition) is 2. The number of rotatable bonds is 3. The molecule has 1 aromatic carbocycles. The first-order valence-corrected chi connectivity index (χ1v) is 6.02. The molecule has 0 saturated carbocycles. The van der Waals surface area contributed by atoms with Crippen molar-refractivity contribution < 1.29 is 14.8 Å². The number of hydrogen-bond acceptors (Lipinski definition) is 5. The van der Waals surface area contributed by atoms with Crippen LogP contribution in [0.1, 0.15) is 23.2 Å². The number of nitro benzene ring substituents is 1. The van der Waals surface area contributed by atoms with Gasteiger partial charge in [0.15, 0.2) is 0 Å². The second-order valence-corrected chi connectivity index (χ2v) is 4.56. The average molecular weight is 265 g/mol. The molecule has 1 heterocycles. The van der Waals surface area contributed by atoms with Crippen LogP contribution >= 0.6 is 0 Å². The van der Waals surface area contributed by atoms with E-state index in [2.05, 4.69) is 0 Å². The van der Waals surface area contributed by atoms with Crippen LogP contribution in [-0.4, -0.2) is 35.1 Å². The van der Waals surface area contributed by atoms with Crippen LogP contribution in [0.2, 0.25) is 0 Å². The average Bonchev–Trinajstić information content (AvgIpc) is 2.38. The number of carboxylic acids is 1. The largest absolute Gasteiger partial charge is 0.477 e. The lowest BCUT2D eigenvalue weighted by Gasteiger charge is -2.31. The fraction of sp³-hybridized carbons (Fsp3) is 0.417.